The highest BCUT2D eigenvalue weighted by molar-refractivity contribution is 5.93. The van der Waals surface area contributed by atoms with Crippen LogP contribution in [0.2, 0.25) is 0 Å². The van der Waals surface area contributed by atoms with E-state index in [1.165, 1.54) is 19.1 Å². The molecule has 7 heteroatoms. The van der Waals surface area contributed by atoms with Crippen LogP contribution in [0, 0.1) is 0 Å². The molecule has 2 amide bonds. The van der Waals surface area contributed by atoms with Gasteiger partial charge >= 0.3 is 12.1 Å². The van der Waals surface area contributed by atoms with Crippen LogP contribution in [0.25, 0.3) is 0 Å². The molecule has 0 spiro atoms. The lowest BCUT2D eigenvalue weighted by atomic mass is 10.1. The molecule has 0 unspecified atom stereocenters. The maximum absolute atomic E-state index is 12.1. The highest BCUT2D eigenvalue weighted by atomic mass is 16.6. The molecule has 0 aliphatic carbocycles. The summed E-state index contributed by atoms with van der Waals surface area (Å²) in [5.41, 5.74) is -0.255. The van der Waals surface area contributed by atoms with Crippen LogP contribution in [0.5, 0.6) is 0 Å². The van der Waals surface area contributed by atoms with Crippen molar-refractivity contribution in [3.8, 4) is 0 Å². The Morgan fingerprint density at radius 3 is 1.96 bits per heavy atom. The number of carbonyl (C=O) groups is 3. The summed E-state index contributed by atoms with van der Waals surface area (Å²) in [6, 6.07) is 6.12. The number of amides is 2. The van der Waals surface area contributed by atoms with Gasteiger partial charge in [-0.15, -0.1) is 0 Å². The smallest absolute Gasteiger partial charge is 0.412 e. The van der Waals surface area contributed by atoms with Crippen molar-refractivity contribution in [2.75, 3.05) is 5.32 Å². The third-order valence-electron chi connectivity index (χ3n) is 2.92. The van der Waals surface area contributed by atoms with E-state index in [1.54, 1.807) is 32.9 Å². The molecule has 0 radical (unpaired) electrons. The fourth-order valence-electron chi connectivity index (χ4n) is 1.86. The summed E-state index contributed by atoms with van der Waals surface area (Å²) in [4.78, 5) is 35.8. The summed E-state index contributed by atoms with van der Waals surface area (Å²) in [6.07, 6.45) is -1.50. The van der Waals surface area contributed by atoms with Gasteiger partial charge in [0.15, 0.2) is 6.10 Å². The van der Waals surface area contributed by atoms with E-state index in [1.807, 2.05) is 20.8 Å². The van der Waals surface area contributed by atoms with Crippen molar-refractivity contribution in [3.63, 3.8) is 0 Å². The van der Waals surface area contributed by atoms with Crippen LogP contribution in [0.4, 0.5) is 10.5 Å². The Kier molecular flexibility index (Phi) is 6.78. The van der Waals surface area contributed by atoms with Crippen molar-refractivity contribution in [1.29, 1.82) is 0 Å². The van der Waals surface area contributed by atoms with Crippen molar-refractivity contribution < 1.29 is 23.9 Å². The van der Waals surface area contributed by atoms with Gasteiger partial charge in [-0.05, 0) is 72.7 Å². The first-order chi connectivity index (χ1) is 11.8. The second-order valence-corrected chi connectivity index (χ2v) is 7.99. The number of carbonyl (C=O) groups excluding carboxylic acids is 3. The summed E-state index contributed by atoms with van der Waals surface area (Å²) in [5, 5.41) is 5.32. The first-order valence-corrected chi connectivity index (χ1v) is 8.40. The number of rotatable bonds is 4. The number of esters is 1. The number of hydrogen-bond donors (Lipinski definition) is 2. The minimum Gasteiger partial charge on any atom is -0.449 e. The molecule has 0 bridgehead atoms. The van der Waals surface area contributed by atoms with Crippen LogP contribution in [0.15, 0.2) is 24.3 Å². The summed E-state index contributed by atoms with van der Waals surface area (Å²) in [5.74, 6) is -0.987. The lowest BCUT2D eigenvalue weighted by molar-refractivity contribution is -0.130. The zero-order valence-corrected chi connectivity index (χ0v) is 16.4. The van der Waals surface area contributed by atoms with Gasteiger partial charge in [0.1, 0.15) is 5.60 Å². The first-order valence-electron chi connectivity index (χ1n) is 8.40. The lowest BCUT2D eigenvalue weighted by Crippen LogP contribution is -2.46. The maximum atomic E-state index is 12.1. The number of benzene rings is 1. The summed E-state index contributed by atoms with van der Waals surface area (Å²) < 4.78 is 10.3. The Bertz CT molecular complexity index is 654. The van der Waals surface area contributed by atoms with Crippen molar-refractivity contribution in [2.45, 2.75) is 65.7 Å². The predicted molar refractivity (Wildman–Crippen MR) is 99.1 cm³/mol. The van der Waals surface area contributed by atoms with E-state index in [4.69, 9.17) is 9.47 Å². The van der Waals surface area contributed by atoms with E-state index in [2.05, 4.69) is 10.6 Å². The Balaban J connectivity index is 2.63. The molecule has 1 aromatic carbocycles. The van der Waals surface area contributed by atoms with Gasteiger partial charge in [-0.2, -0.15) is 0 Å². The molecule has 1 atom stereocenters. The van der Waals surface area contributed by atoms with E-state index in [0.29, 0.717) is 5.69 Å². The summed E-state index contributed by atoms with van der Waals surface area (Å²) in [7, 11) is 0. The molecule has 0 aromatic heterocycles. The summed E-state index contributed by atoms with van der Waals surface area (Å²) >= 11 is 0. The van der Waals surface area contributed by atoms with Crippen LogP contribution in [-0.2, 0) is 14.3 Å². The molecule has 0 aliphatic heterocycles. The fourth-order valence-corrected chi connectivity index (χ4v) is 1.86. The predicted octanol–water partition coefficient (Wildman–Crippen LogP) is 3.49. The highest BCUT2D eigenvalue weighted by Gasteiger charge is 2.23. The van der Waals surface area contributed by atoms with E-state index < -0.39 is 29.3 Å². The van der Waals surface area contributed by atoms with Gasteiger partial charge in [-0.1, -0.05) is 0 Å². The minimum absolute atomic E-state index is 0.273. The molecule has 26 heavy (non-hydrogen) atoms. The van der Waals surface area contributed by atoms with E-state index >= 15 is 0 Å². The summed E-state index contributed by atoms with van der Waals surface area (Å²) in [6.45, 7) is 12.3. The third kappa shape index (κ3) is 8.00. The van der Waals surface area contributed by atoms with Crippen LogP contribution in [-0.4, -0.2) is 35.2 Å². The zero-order valence-electron chi connectivity index (χ0n) is 16.4. The molecule has 144 valence electrons. The Morgan fingerprint density at radius 1 is 0.962 bits per heavy atom. The quantitative estimate of drug-likeness (QED) is 0.798. The molecule has 0 heterocycles. The molecule has 7 nitrogen and oxygen atoms in total. The number of anilines is 1. The number of nitrogens with one attached hydrogen (secondary N) is 2. The first kappa shape index (κ1) is 21.5. The topological polar surface area (TPSA) is 93.7 Å². The van der Waals surface area contributed by atoms with Crippen LogP contribution >= 0.6 is 0 Å². The average molecular weight is 364 g/mol. The Labute approximate surface area is 154 Å². The second kappa shape index (κ2) is 8.21. The molecule has 1 rings (SSSR count). The Hall–Kier alpha value is -2.57. The highest BCUT2D eigenvalue weighted by Crippen LogP contribution is 2.14. The van der Waals surface area contributed by atoms with Gasteiger partial charge in [0.2, 0.25) is 0 Å². The molecule has 2 N–H and O–H groups in total. The van der Waals surface area contributed by atoms with Gasteiger partial charge in [-0.25, -0.2) is 9.59 Å². The van der Waals surface area contributed by atoms with Gasteiger partial charge < -0.3 is 14.8 Å². The van der Waals surface area contributed by atoms with Crippen LogP contribution in [0.3, 0.4) is 0 Å². The van der Waals surface area contributed by atoms with Crippen LogP contribution < -0.4 is 10.6 Å². The van der Waals surface area contributed by atoms with E-state index in [-0.39, 0.29) is 11.5 Å². The minimum atomic E-state index is -0.915. The van der Waals surface area contributed by atoms with Gasteiger partial charge in [0.25, 0.3) is 5.91 Å². The van der Waals surface area contributed by atoms with Gasteiger partial charge in [0, 0.05) is 11.2 Å². The normalized spacial score (nSPS) is 12.7. The number of hydrogen-bond acceptors (Lipinski definition) is 5. The molecular formula is C19H28N2O5. The molecule has 0 saturated heterocycles. The van der Waals surface area contributed by atoms with Crippen molar-refractivity contribution in [3.05, 3.63) is 29.8 Å². The Morgan fingerprint density at radius 2 is 1.50 bits per heavy atom. The maximum Gasteiger partial charge on any atom is 0.412 e. The van der Waals surface area contributed by atoms with Crippen molar-refractivity contribution in [1.82, 2.24) is 5.32 Å². The van der Waals surface area contributed by atoms with Gasteiger partial charge in [-0.3, -0.25) is 10.1 Å². The van der Waals surface area contributed by atoms with Crippen molar-refractivity contribution in [2.24, 2.45) is 0 Å². The lowest BCUT2D eigenvalue weighted by Gasteiger charge is -2.23. The largest absolute Gasteiger partial charge is 0.449 e. The molecular weight excluding hydrogens is 336 g/mol. The zero-order chi connectivity index (χ0) is 20.1. The molecule has 0 aliphatic rings. The van der Waals surface area contributed by atoms with Gasteiger partial charge in [0.05, 0.1) is 5.56 Å². The van der Waals surface area contributed by atoms with Crippen LogP contribution in [0.1, 0.15) is 58.8 Å². The monoisotopic (exact) mass is 364 g/mol. The van der Waals surface area contributed by atoms with Crippen molar-refractivity contribution >= 4 is 23.7 Å². The average Bonchev–Trinajstić information content (AvgIpc) is 2.43. The third-order valence-corrected chi connectivity index (χ3v) is 2.92. The molecule has 0 fully saturated rings. The fraction of sp³-hybridized carbons (Fsp3) is 0.526. The molecule has 1 aromatic rings. The molecule has 0 saturated carbocycles. The standard InChI is InChI=1S/C19H28N2O5/c1-12(15(22)21-18(2,3)4)25-16(23)13-8-10-14(11-9-13)20-17(24)26-19(5,6)7/h8-12H,1-7H3,(H,20,24)(H,21,22)/t12-/m1/s1. The number of ether oxygens (including phenoxy) is 2. The van der Waals surface area contributed by atoms with E-state index in [0.717, 1.165) is 0 Å². The second-order valence-electron chi connectivity index (χ2n) is 7.99. The SMILES string of the molecule is C[C@@H](OC(=O)c1ccc(NC(=O)OC(C)(C)C)cc1)C(=O)NC(C)(C)C. The van der Waals surface area contributed by atoms with E-state index in [9.17, 15) is 14.4 Å².